The maximum atomic E-state index is 10.7. The molecule has 0 aliphatic carbocycles. The second kappa shape index (κ2) is 6.86. The average molecular weight is 217 g/mol. The lowest BCUT2D eigenvalue weighted by molar-refractivity contribution is -0.109. The third-order valence-electron chi connectivity index (χ3n) is 1.81. The van der Waals surface area contributed by atoms with E-state index >= 15 is 0 Å². The molecule has 82 valence electrons. The van der Waals surface area contributed by atoms with Crippen molar-refractivity contribution in [3.05, 3.63) is 0 Å². The quantitative estimate of drug-likeness (QED) is 0.424. The molecule has 5 heteroatoms. The van der Waals surface area contributed by atoms with Gasteiger partial charge in [0.1, 0.15) is 6.29 Å². The Kier molecular flexibility index (Phi) is 6.61. The smallest absolute Gasteiger partial charge is 0.142 e. The summed E-state index contributed by atoms with van der Waals surface area (Å²) in [6.45, 7) is 4.38. The molecule has 0 heterocycles. The number of hydrogen-bond donors (Lipinski definition) is 3. The van der Waals surface area contributed by atoms with Crippen molar-refractivity contribution < 1.29 is 4.79 Å². The predicted octanol–water partition coefficient (Wildman–Crippen LogP) is -0.197. The number of hydrogen-bond acceptors (Lipinski definition) is 4. The van der Waals surface area contributed by atoms with Gasteiger partial charge in [-0.2, -0.15) is 0 Å². The third kappa shape index (κ3) is 5.26. The summed E-state index contributed by atoms with van der Waals surface area (Å²) in [6.07, 6.45) is 1.61. The van der Waals surface area contributed by atoms with Crippen LogP contribution in [0.4, 0.5) is 0 Å². The first-order chi connectivity index (χ1) is 6.51. The molecule has 0 fully saturated rings. The fourth-order valence-electron chi connectivity index (χ4n) is 1.05. The first-order valence-corrected chi connectivity index (χ1v) is 5.13. The van der Waals surface area contributed by atoms with Gasteiger partial charge in [0, 0.05) is 6.54 Å². The average Bonchev–Trinajstić information content (AvgIpc) is 2.14. The summed E-state index contributed by atoms with van der Waals surface area (Å²) in [5.74, 6) is 0.439. The van der Waals surface area contributed by atoms with Crippen LogP contribution in [0, 0.1) is 5.92 Å². The topological polar surface area (TPSA) is 81.1 Å². The highest BCUT2D eigenvalue weighted by Gasteiger charge is 2.14. The minimum absolute atomic E-state index is 0.250. The van der Waals surface area contributed by atoms with Gasteiger partial charge in [-0.1, -0.05) is 26.1 Å². The van der Waals surface area contributed by atoms with Crippen molar-refractivity contribution in [3.8, 4) is 0 Å². The number of thiocarbonyl (C=S) groups is 1. The summed E-state index contributed by atoms with van der Waals surface area (Å²) in [5.41, 5.74) is 11.0. The second-order valence-corrected chi connectivity index (χ2v) is 4.16. The lowest BCUT2D eigenvalue weighted by atomic mass is 10.0. The minimum atomic E-state index is -0.361. The van der Waals surface area contributed by atoms with Gasteiger partial charge in [-0.3, -0.25) is 0 Å². The van der Waals surface area contributed by atoms with E-state index in [9.17, 15) is 4.79 Å². The standard InChI is InChI=1S/C9H19N3OS/c1-6(2)3-7(5-13)12-9(14)8(11)4-10/h5-8H,3-4,10-11H2,1-2H3,(H,12,14)/t7-,8?/m0/s1. The molecule has 0 spiro atoms. The SMILES string of the molecule is CC(C)C[C@@H](C=O)NC(=S)C(N)CN. The molecule has 0 aliphatic rings. The molecule has 14 heavy (non-hydrogen) atoms. The Hall–Kier alpha value is -0.520. The number of carbonyl (C=O) groups is 1. The fourth-order valence-corrected chi connectivity index (χ4v) is 1.30. The molecule has 0 amide bonds. The zero-order valence-electron chi connectivity index (χ0n) is 8.69. The monoisotopic (exact) mass is 217 g/mol. The molecule has 0 rings (SSSR count). The molecule has 5 N–H and O–H groups in total. The maximum absolute atomic E-state index is 10.7. The van der Waals surface area contributed by atoms with Crippen LogP contribution in [0.3, 0.4) is 0 Å². The molecule has 2 atom stereocenters. The summed E-state index contributed by atoms with van der Waals surface area (Å²) in [5, 5.41) is 2.91. The Morgan fingerprint density at radius 1 is 1.57 bits per heavy atom. The van der Waals surface area contributed by atoms with Crippen molar-refractivity contribution >= 4 is 23.5 Å². The number of carbonyl (C=O) groups excluding carboxylic acids is 1. The lowest BCUT2D eigenvalue weighted by Crippen LogP contribution is -2.48. The largest absolute Gasteiger partial charge is 0.369 e. The fraction of sp³-hybridized carbons (Fsp3) is 0.778. The van der Waals surface area contributed by atoms with Gasteiger partial charge in [0.2, 0.25) is 0 Å². The minimum Gasteiger partial charge on any atom is -0.369 e. The van der Waals surface area contributed by atoms with Crippen molar-refractivity contribution in [2.45, 2.75) is 32.4 Å². The highest BCUT2D eigenvalue weighted by molar-refractivity contribution is 7.80. The molecule has 0 aromatic carbocycles. The first kappa shape index (κ1) is 13.5. The zero-order valence-corrected chi connectivity index (χ0v) is 9.51. The Bertz CT molecular complexity index is 196. The number of nitrogens with one attached hydrogen (secondary N) is 1. The van der Waals surface area contributed by atoms with Crippen molar-refractivity contribution in [1.29, 1.82) is 0 Å². The molecular weight excluding hydrogens is 198 g/mol. The van der Waals surface area contributed by atoms with Gasteiger partial charge in [-0.15, -0.1) is 0 Å². The van der Waals surface area contributed by atoms with Crippen LogP contribution in [-0.4, -0.2) is 29.9 Å². The van der Waals surface area contributed by atoms with Gasteiger partial charge in [0.25, 0.3) is 0 Å². The van der Waals surface area contributed by atoms with Crippen molar-refractivity contribution in [1.82, 2.24) is 5.32 Å². The van der Waals surface area contributed by atoms with Gasteiger partial charge in [-0.05, 0) is 12.3 Å². The van der Waals surface area contributed by atoms with E-state index in [1.54, 1.807) is 0 Å². The van der Waals surface area contributed by atoms with Gasteiger partial charge >= 0.3 is 0 Å². The molecule has 0 saturated heterocycles. The Labute approximate surface area is 90.4 Å². The van der Waals surface area contributed by atoms with Gasteiger partial charge < -0.3 is 21.6 Å². The highest BCUT2D eigenvalue weighted by Crippen LogP contribution is 2.02. The molecule has 0 aromatic rings. The Balaban J connectivity index is 4.04. The number of nitrogens with two attached hydrogens (primary N) is 2. The Morgan fingerprint density at radius 2 is 2.14 bits per heavy atom. The molecule has 0 saturated carbocycles. The summed E-state index contributed by atoms with van der Waals surface area (Å²) in [6, 6.07) is -0.611. The normalized spacial score (nSPS) is 14.9. The zero-order chi connectivity index (χ0) is 11.1. The van der Waals surface area contributed by atoms with Crippen LogP contribution in [0.2, 0.25) is 0 Å². The van der Waals surface area contributed by atoms with E-state index in [1.807, 2.05) is 13.8 Å². The molecule has 1 unspecified atom stereocenters. The summed E-state index contributed by atoms with van der Waals surface area (Å²) in [7, 11) is 0. The van der Waals surface area contributed by atoms with Crippen LogP contribution >= 0.6 is 12.2 Å². The number of rotatable bonds is 6. The van der Waals surface area contributed by atoms with E-state index in [4.69, 9.17) is 23.7 Å². The van der Waals surface area contributed by atoms with E-state index in [-0.39, 0.29) is 12.1 Å². The van der Waals surface area contributed by atoms with Crippen LogP contribution in [0.15, 0.2) is 0 Å². The van der Waals surface area contributed by atoms with Gasteiger partial charge in [0.05, 0.1) is 17.1 Å². The van der Waals surface area contributed by atoms with E-state index in [1.165, 1.54) is 0 Å². The number of aldehydes is 1. The van der Waals surface area contributed by atoms with E-state index < -0.39 is 0 Å². The van der Waals surface area contributed by atoms with E-state index in [0.717, 1.165) is 12.7 Å². The van der Waals surface area contributed by atoms with Crippen LogP contribution in [-0.2, 0) is 4.79 Å². The van der Waals surface area contributed by atoms with E-state index in [2.05, 4.69) is 5.32 Å². The summed E-state index contributed by atoms with van der Waals surface area (Å²) >= 11 is 5.00. The van der Waals surface area contributed by atoms with Crippen molar-refractivity contribution in [2.75, 3.05) is 6.54 Å². The highest BCUT2D eigenvalue weighted by atomic mass is 32.1. The third-order valence-corrected chi connectivity index (χ3v) is 2.23. The van der Waals surface area contributed by atoms with Crippen molar-refractivity contribution in [2.24, 2.45) is 17.4 Å². The van der Waals surface area contributed by atoms with Crippen LogP contribution in [0.1, 0.15) is 20.3 Å². The van der Waals surface area contributed by atoms with Gasteiger partial charge in [-0.25, -0.2) is 0 Å². The molecule has 0 aromatic heterocycles. The van der Waals surface area contributed by atoms with Crippen LogP contribution in [0.5, 0.6) is 0 Å². The molecule has 4 nitrogen and oxygen atoms in total. The van der Waals surface area contributed by atoms with Crippen LogP contribution in [0.25, 0.3) is 0 Å². The van der Waals surface area contributed by atoms with Crippen LogP contribution < -0.4 is 16.8 Å². The lowest BCUT2D eigenvalue weighted by Gasteiger charge is -2.19. The Morgan fingerprint density at radius 3 is 2.50 bits per heavy atom. The summed E-state index contributed by atoms with van der Waals surface area (Å²) in [4.78, 5) is 11.2. The second-order valence-electron chi connectivity index (χ2n) is 3.72. The van der Waals surface area contributed by atoms with Gasteiger partial charge in [0.15, 0.2) is 0 Å². The van der Waals surface area contributed by atoms with Crippen molar-refractivity contribution in [3.63, 3.8) is 0 Å². The molecule has 0 aliphatic heterocycles. The molecule has 0 radical (unpaired) electrons. The molecular formula is C9H19N3OS. The molecule has 0 bridgehead atoms. The predicted molar refractivity (Wildman–Crippen MR) is 62.1 cm³/mol. The summed E-state index contributed by atoms with van der Waals surface area (Å²) < 4.78 is 0. The maximum Gasteiger partial charge on any atom is 0.142 e. The van der Waals surface area contributed by atoms with E-state index in [0.29, 0.717) is 17.5 Å². The first-order valence-electron chi connectivity index (χ1n) is 4.72.